The third-order valence-corrected chi connectivity index (χ3v) is 4.05. The minimum absolute atomic E-state index is 0.331. The van der Waals surface area contributed by atoms with Crippen molar-refractivity contribution in [1.82, 2.24) is 4.90 Å². The van der Waals surface area contributed by atoms with Gasteiger partial charge in [-0.3, -0.25) is 4.90 Å². The van der Waals surface area contributed by atoms with Crippen molar-refractivity contribution < 1.29 is 4.74 Å². The van der Waals surface area contributed by atoms with Crippen LogP contribution in [0.25, 0.3) is 0 Å². The number of ether oxygens (including phenoxy) is 1. The van der Waals surface area contributed by atoms with E-state index in [4.69, 9.17) is 10.5 Å². The van der Waals surface area contributed by atoms with E-state index in [1.807, 2.05) is 6.07 Å². The fraction of sp³-hybridized carbons (Fsp3) is 0.571. The van der Waals surface area contributed by atoms with Gasteiger partial charge in [-0.15, -0.1) is 0 Å². The second kappa shape index (κ2) is 7.89. The molecule has 3 nitrogen and oxygen atoms in total. The standard InChI is InChI=1S/C14H23BrN2O/c1-11(10-18-3)14(8-16)17(2)9-12-6-4-5-7-13(12)15/h4-7,11,14H,8-10,16H2,1-3H3. The van der Waals surface area contributed by atoms with E-state index in [0.717, 1.165) is 17.6 Å². The highest BCUT2D eigenvalue weighted by Crippen LogP contribution is 2.19. The second-order valence-corrected chi connectivity index (χ2v) is 5.60. The number of hydrogen-bond acceptors (Lipinski definition) is 3. The zero-order valence-corrected chi connectivity index (χ0v) is 13.0. The van der Waals surface area contributed by atoms with E-state index in [2.05, 4.69) is 53.0 Å². The summed E-state index contributed by atoms with van der Waals surface area (Å²) in [4.78, 5) is 2.30. The number of halogens is 1. The van der Waals surface area contributed by atoms with E-state index < -0.39 is 0 Å². The molecular formula is C14H23BrN2O. The lowest BCUT2D eigenvalue weighted by Gasteiger charge is -2.31. The molecule has 0 fully saturated rings. The predicted molar refractivity (Wildman–Crippen MR) is 79.5 cm³/mol. The van der Waals surface area contributed by atoms with Crippen LogP contribution in [0, 0.1) is 5.92 Å². The van der Waals surface area contributed by atoms with E-state index in [-0.39, 0.29) is 0 Å². The van der Waals surface area contributed by atoms with Crippen LogP contribution in [0.15, 0.2) is 28.7 Å². The zero-order chi connectivity index (χ0) is 13.5. The summed E-state index contributed by atoms with van der Waals surface area (Å²) < 4.78 is 6.36. The minimum atomic E-state index is 0.331. The van der Waals surface area contributed by atoms with Crippen molar-refractivity contribution in [3.63, 3.8) is 0 Å². The number of benzene rings is 1. The van der Waals surface area contributed by atoms with Crippen LogP contribution in [-0.2, 0) is 11.3 Å². The number of rotatable bonds is 7. The molecule has 1 aromatic rings. The van der Waals surface area contributed by atoms with Crippen molar-refractivity contribution in [2.24, 2.45) is 11.7 Å². The Balaban J connectivity index is 2.68. The third kappa shape index (κ3) is 4.35. The summed E-state index contributed by atoms with van der Waals surface area (Å²) in [5.41, 5.74) is 7.17. The van der Waals surface area contributed by atoms with Crippen LogP contribution in [0.1, 0.15) is 12.5 Å². The first kappa shape index (κ1) is 15.6. The first-order valence-electron chi connectivity index (χ1n) is 6.22. The van der Waals surface area contributed by atoms with Crippen molar-refractivity contribution in [2.75, 3.05) is 27.3 Å². The fourth-order valence-corrected chi connectivity index (χ4v) is 2.64. The third-order valence-electron chi connectivity index (χ3n) is 3.27. The van der Waals surface area contributed by atoms with Crippen molar-refractivity contribution in [3.05, 3.63) is 34.3 Å². The molecule has 0 aromatic heterocycles. The van der Waals surface area contributed by atoms with Gasteiger partial charge in [0.25, 0.3) is 0 Å². The summed E-state index contributed by atoms with van der Waals surface area (Å²) in [6.07, 6.45) is 0. The first-order chi connectivity index (χ1) is 8.60. The molecule has 0 bridgehead atoms. The van der Waals surface area contributed by atoms with E-state index in [0.29, 0.717) is 18.5 Å². The molecular weight excluding hydrogens is 292 g/mol. The second-order valence-electron chi connectivity index (χ2n) is 4.74. The van der Waals surface area contributed by atoms with Crippen molar-refractivity contribution in [1.29, 1.82) is 0 Å². The van der Waals surface area contributed by atoms with Crippen LogP contribution in [0.5, 0.6) is 0 Å². The SMILES string of the molecule is COCC(C)C(CN)N(C)Cc1ccccc1Br. The predicted octanol–water partition coefficient (Wildman–Crippen LogP) is 2.49. The number of likely N-dealkylation sites (N-methyl/N-ethyl adjacent to an activating group) is 1. The molecule has 18 heavy (non-hydrogen) atoms. The van der Waals surface area contributed by atoms with E-state index in [1.165, 1.54) is 5.56 Å². The highest BCUT2D eigenvalue weighted by Gasteiger charge is 2.20. The molecule has 1 aromatic carbocycles. The van der Waals surface area contributed by atoms with Gasteiger partial charge in [0.15, 0.2) is 0 Å². The average molecular weight is 315 g/mol. The molecule has 0 heterocycles. The van der Waals surface area contributed by atoms with E-state index >= 15 is 0 Å². The molecule has 0 spiro atoms. The minimum Gasteiger partial charge on any atom is -0.384 e. The molecule has 102 valence electrons. The number of nitrogens with zero attached hydrogens (tertiary/aromatic N) is 1. The molecule has 2 N–H and O–H groups in total. The molecule has 1 rings (SSSR count). The Morgan fingerprint density at radius 1 is 1.39 bits per heavy atom. The highest BCUT2D eigenvalue weighted by atomic mass is 79.9. The topological polar surface area (TPSA) is 38.5 Å². The summed E-state index contributed by atoms with van der Waals surface area (Å²) in [7, 11) is 3.85. The van der Waals surface area contributed by atoms with Gasteiger partial charge in [-0.1, -0.05) is 41.1 Å². The van der Waals surface area contributed by atoms with Gasteiger partial charge >= 0.3 is 0 Å². The Hall–Kier alpha value is -0.420. The molecule has 0 amide bonds. The largest absolute Gasteiger partial charge is 0.384 e. The van der Waals surface area contributed by atoms with Gasteiger partial charge in [-0.2, -0.15) is 0 Å². The maximum atomic E-state index is 5.89. The van der Waals surface area contributed by atoms with Crippen molar-refractivity contribution >= 4 is 15.9 Å². The summed E-state index contributed by atoms with van der Waals surface area (Å²) in [6.45, 7) is 4.45. The summed E-state index contributed by atoms with van der Waals surface area (Å²) in [5, 5.41) is 0. The van der Waals surface area contributed by atoms with Crippen LogP contribution >= 0.6 is 15.9 Å². The Morgan fingerprint density at radius 3 is 2.61 bits per heavy atom. The van der Waals surface area contributed by atoms with Gasteiger partial charge in [-0.25, -0.2) is 0 Å². The first-order valence-corrected chi connectivity index (χ1v) is 7.02. The highest BCUT2D eigenvalue weighted by molar-refractivity contribution is 9.10. The molecule has 0 radical (unpaired) electrons. The van der Waals surface area contributed by atoms with Gasteiger partial charge in [0, 0.05) is 30.7 Å². The van der Waals surface area contributed by atoms with Crippen LogP contribution in [0.3, 0.4) is 0 Å². The maximum Gasteiger partial charge on any atom is 0.0503 e. The van der Waals surface area contributed by atoms with E-state index in [9.17, 15) is 0 Å². The molecule has 4 heteroatoms. The summed E-state index contributed by atoms with van der Waals surface area (Å²) in [6, 6.07) is 8.62. The monoisotopic (exact) mass is 314 g/mol. The lowest BCUT2D eigenvalue weighted by Crippen LogP contribution is -2.43. The molecule has 2 unspecified atom stereocenters. The zero-order valence-electron chi connectivity index (χ0n) is 11.4. The van der Waals surface area contributed by atoms with Crippen LogP contribution in [-0.4, -0.2) is 38.3 Å². The molecule has 0 aliphatic heterocycles. The smallest absolute Gasteiger partial charge is 0.0503 e. The molecule has 0 saturated carbocycles. The Bertz CT molecular complexity index is 359. The van der Waals surface area contributed by atoms with Crippen LogP contribution in [0.4, 0.5) is 0 Å². The summed E-state index contributed by atoms with van der Waals surface area (Å²) >= 11 is 3.58. The number of methoxy groups -OCH3 is 1. The van der Waals surface area contributed by atoms with Gasteiger partial charge in [0.1, 0.15) is 0 Å². The van der Waals surface area contributed by atoms with Gasteiger partial charge in [-0.05, 0) is 24.6 Å². The molecule has 0 saturated heterocycles. The van der Waals surface area contributed by atoms with Gasteiger partial charge in [0.05, 0.1) is 6.61 Å². The lowest BCUT2D eigenvalue weighted by atomic mass is 10.0. The van der Waals surface area contributed by atoms with Crippen molar-refractivity contribution in [2.45, 2.75) is 19.5 Å². The molecule has 0 aliphatic carbocycles. The van der Waals surface area contributed by atoms with Crippen LogP contribution < -0.4 is 5.73 Å². The molecule has 2 atom stereocenters. The Labute approximate surface area is 118 Å². The van der Waals surface area contributed by atoms with Crippen LogP contribution in [0.2, 0.25) is 0 Å². The van der Waals surface area contributed by atoms with E-state index in [1.54, 1.807) is 7.11 Å². The normalized spacial score (nSPS) is 14.8. The quantitative estimate of drug-likeness (QED) is 0.840. The van der Waals surface area contributed by atoms with Gasteiger partial charge < -0.3 is 10.5 Å². The molecule has 0 aliphatic rings. The average Bonchev–Trinajstić information content (AvgIpc) is 2.33. The maximum absolute atomic E-state index is 5.89. The number of nitrogens with two attached hydrogens (primary N) is 1. The Morgan fingerprint density at radius 2 is 2.06 bits per heavy atom. The lowest BCUT2D eigenvalue weighted by molar-refractivity contribution is 0.0952. The van der Waals surface area contributed by atoms with Crippen molar-refractivity contribution in [3.8, 4) is 0 Å². The summed E-state index contributed by atoms with van der Waals surface area (Å²) in [5.74, 6) is 0.424. The van der Waals surface area contributed by atoms with Gasteiger partial charge in [0.2, 0.25) is 0 Å². The Kier molecular flexibility index (Phi) is 6.86. The number of hydrogen-bond donors (Lipinski definition) is 1. The fourth-order valence-electron chi connectivity index (χ4n) is 2.23.